The van der Waals surface area contributed by atoms with E-state index in [1.54, 1.807) is 19.1 Å². The summed E-state index contributed by atoms with van der Waals surface area (Å²) in [5.74, 6) is 2.14. The number of hydrogen-bond acceptors (Lipinski definition) is 4. The van der Waals surface area contributed by atoms with E-state index in [1.807, 2.05) is 0 Å². The fraction of sp³-hybridized carbons (Fsp3) is 0.222. The van der Waals surface area contributed by atoms with Gasteiger partial charge >= 0.3 is 0 Å². The maximum Gasteiger partial charge on any atom is 0.237 e. The molecule has 68 valence electrons. The SMILES string of the molecule is C=C=NC1=C(O)N=CC(C)(N)C=C1. The highest BCUT2D eigenvalue weighted by Crippen LogP contribution is 2.13. The third kappa shape index (κ3) is 2.40. The summed E-state index contributed by atoms with van der Waals surface area (Å²) in [5.41, 5.74) is 5.39. The van der Waals surface area contributed by atoms with Crippen LogP contribution >= 0.6 is 0 Å². The summed E-state index contributed by atoms with van der Waals surface area (Å²) in [6.45, 7) is 5.07. The molecular formula is C9H11N3O. The molecule has 0 aromatic carbocycles. The van der Waals surface area contributed by atoms with Crippen LogP contribution in [0.25, 0.3) is 0 Å². The van der Waals surface area contributed by atoms with Crippen molar-refractivity contribution in [1.29, 1.82) is 0 Å². The summed E-state index contributed by atoms with van der Waals surface area (Å²) in [6.07, 6.45) is 4.72. The molecule has 0 bridgehead atoms. The first-order valence-electron chi connectivity index (χ1n) is 3.74. The van der Waals surface area contributed by atoms with Crippen LogP contribution in [0, 0.1) is 0 Å². The Morgan fingerprint density at radius 3 is 3.08 bits per heavy atom. The quantitative estimate of drug-likeness (QED) is 0.585. The van der Waals surface area contributed by atoms with E-state index >= 15 is 0 Å². The van der Waals surface area contributed by atoms with Gasteiger partial charge in [-0.3, -0.25) is 0 Å². The average Bonchev–Trinajstić information content (AvgIpc) is 2.18. The molecule has 1 rings (SSSR count). The van der Waals surface area contributed by atoms with Crippen LogP contribution in [-0.4, -0.2) is 22.7 Å². The van der Waals surface area contributed by atoms with E-state index in [-0.39, 0.29) is 5.88 Å². The Kier molecular flexibility index (Phi) is 2.46. The highest BCUT2D eigenvalue weighted by Gasteiger charge is 2.14. The van der Waals surface area contributed by atoms with E-state index in [9.17, 15) is 5.11 Å². The third-order valence-electron chi connectivity index (χ3n) is 1.49. The molecule has 0 aromatic heterocycles. The van der Waals surface area contributed by atoms with Gasteiger partial charge in [-0.05, 0) is 25.4 Å². The van der Waals surface area contributed by atoms with Crippen LogP contribution in [0.5, 0.6) is 0 Å². The van der Waals surface area contributed by atoms with Crippen LogP contribution in [-0.2, 0) is 0 Å². The topological polar surface area (TPSA) is 71.0 Å². The van der Waals surface area contributed by atoms with Crippen LogP contribution in [0.2, 0.25) is 0 Å². The standard InChI is InChI=1S/C9H11N3O/c1-3-11-7-4-5-9(2,10)6-12-8(7)13/h4-6,13H,1,10H2,2H3. The van der Waals surface area contributed by atoms with E-state index in [4.69, 9.17) is 5.73 Å². The molecule has 0 aromatic rings. The van der Waals surface area contributed by atoms with Gasteiger partial charge in [0.2, 0.25) is 5.88 Å². The fourth-order valence-electron chi connectivity index (χ4n) is 0.815. The molecule has 1 heterocycles. The number of hydrogen-bond donors (Lipinski definition) is 2. The molecular weight excluding hydrogens is 166 g/mol. The Morgan fingerprint density at radius 2 is 2.46 bits per heavy atom. The van der Waals surface area contributed by atoms with E-state index < -0.39 is 5.54 Å². The lowest BCUT2D eigenvalue weighted by Crippen LogP contribution is -2.34. The minimum atomic E-state index is -0.660. The molecule has 4 heteroatoms. The van der Waals surface area contributed by atoms with Crippen molar-refractivity contribution >= 4 is 12.1 Å². The highest BCUT2D eigenvalue weighted by atomic mass is 16.3. The summed E-state index contributed by atoms with van der Waals surface area (Å²) in [5, 5.41) is 9.33. The molecule has 4 nitrogen and oxygen atoms in total. The number of nitrogens with two attached hydrogens (primary N) is 1. The lowest BCUT2D eigenvalue weighted by molar-refractivity contribution is 0.401. The van der Waals surface area contributed by atoms with Gasteiger partial charge in [-0.2, -0.15) is 0 Å². The second-order valence-corrected chi connectivity index (χ2v) is 2.94. The van der Waals surface area contributed by atoms with Crippen LogP contribution in [0.1, 0.15) is 6.92 Å². The van der Waals surface area contributed by atoms with Crippen molar-refractivity contribution in [3.63, 3.8) is 0 Å². The van der Waals surface area contributed by atoms with Crippen molar-refractivity contribution in [3.8, 4) is 0 Å². The molecule has 0 radical (unpaired) electrons. The molecule has 0 spiro atoms. The highest BCUT2D eigenvalue weighted by molar-refractivity contribution is 5.74. The van der Waals surface area contributed by atoms with Crippen LogP contribution in [0.3, 0.4) is 0 Å². The monoisotopic (exact) mass is 177 g/mol. The predicted molar refractivity (Wildman–Crippen MR) is 52.9 cm³/mol. The van der Waals surface area contributed by atoms with Crippen LogP contribution in [0.4, 0.5) is 0 Å². The first-order chi connectivity index (χ1) is 6.05. The van der Waals surface area contributed by atoms with E-state index in [1.165, 1.54) is 6.21 Å². The smallest absolute Gasteiger partial charge is 0.237 e. The molecule has 0 saturated carbocycles. The largest absolute Gasteiger partial charge is 0.492 e. The maximum atomic E-state index is 9.33. The Hall–Kier alpha value is -1.64. The second kappa shape index (κ2) is 3.39. The molecule has 0 fully saturated rings. The van der Waals surface area contributed by atoms with E-state index in [2.05, 4.69) is 22.4 Å². The van der Waals surface area contributed by atoms with Gasteiger partial charge in [-0.15, -0.1) is 0 Å². The van der Waals surface area contributed by atoms with Gasteiger partial charge in [0.25, 0.3) is 0 Å². The Labute approximate surface area is 76.5 Å². The molecule has 0 aliphatic carbocycles. The Balaban J connectivity index is 3.11. The number of nitrogens with zero attached hydrogens (tertiary/aromatic N) is 2. The zero-order chi connectivity index (χ0) is 9.90. The lowest BCUT2D eigenvalue weighted by atomic mass is 10.1. The van der Waals surface area contributed by atoms with Crippen molar-refractivity contribution in [2.24, 2.45) is 15.7 Å². The second-order valence-electron chi connectivity index (χ2n) is 2.94. The van der Waals surface area contributed by atoms with Gasteiger partial charge in [0.15, 0.2) is 0 Å². The minimum absolute atomic E-state index is 0.179. The summed E-state index contributed by atoms with van der Waals surface area (Å²) in [4.78, 5) is 7.44. The molecule has 1 aliphatic heterocycles. The number of aliphatic imine (C=N–C) groups is 2. The molecule has 0 amide bonds. The molecule has 0 saturated heterocycles. The number of rotatable bonds is 1. The van der Waals surface area contributed by atoms with Crippen molar-refractivity contribution in [2.45, 2.75) is 12.5 Å². The molecule has 3 N–H and O–H groups in total. The van der Waals surface area contributed by atoms with Crippen molar-refractivity contribution in [1.82, 2.24) is 0 Å². The summed E-state index contributed by atoms with van der Waals surface area (Å²) in [7, 11) is 0. The predicted octanol–water partition coefficient (Wildman–Crippen LogP) is 0.927. The minimum Gasteiger partial charge on any atom is -0.492 e. The van der Waals surface area contributed by atoms with Gasteiger partial charge in [0.05, 0.1) is 5.54 Å². The van der Waals surface area contributed by atoms with Crippen LogP contribution < -0.4 is 5.73 Å². The van der Waals surface area contributed by atoms with Crippen molar-refractivity contribution in [3.05, 3.63) is 30.3 Å². The van der Waals surface area contributed by atoms with Gasteiger partial charge in [-0.1, -0.05) is 6.08 Å². The van der Waals surface area contributed by atoms with Gasteiger partial charge in [0.1, 0.15) is 5.70 Å². The fourth-order valence-corrected chi connectivity index (χ4v) is 0.815. The van der Waals surface area contributed by atoms with Crippen molar-refractivity contribution in [2.75, 3.05) is 0 Å². The first-order valence-corrected chi connectivity index (χ1v) is 3.74. The zero-order valence-corrected chi connectivity index (χ0v) is 7.36. The Morgan fingerprint density at radius 1 is 1.77 bits per heavy atom. The molecule has 13 heavy (non-hydrogen) atoms. The summed E-state index contributed by atoms with van der Waals surface area (Å²) in [6, 6.07) is 0. The summed E-state index contributed by atoms with van der Waals surface area (Å²) >= 11 is 0. The third-order valence-corrected chi connectivity index (χ3v) is 1.49. The average molecular weight is 177 g/mol. The summed E-state index contributed by atoms with van der Waals surface area (Å²) < 4.78 is 0. The molecule has 1 aliphatic rings. The zero-order valence-electron chi connectivity index (χ0n) is 7.36. The molecule has 1 unspecified atom stereocenters. The van der Waals surface area contributed by atoms with E-state index in [0.29, 0.717) is 5.70 Å². The van der Waals surface area contributed by atoms with Gasteiger partial charge in [0, 0.05) is 6.21 Å². The number of allylic oxidation sites excluding steroid dienone is 1. The number of aliphatic hydroxyl groups is 1. The van der Waals surface area contributed by atoms with Crippen LogP contribution in [0.15, 0.2) is 40.3 Å². The lowest BCUT2D eigenvalue weighted by Gasteiger charge is -2.10. The number of aliphatic hydroxyl groups excluding tert-OH is 1. The first kappa shape index (κ1) is 9.45. The van der Waals surface area contributed by atoms with E-state index in [0.717, 1.165) is 0 Å². The van der Waals surface area contributed by atoms with Gasteiger partial charge in [-0.25, -0.2) is 9.98 Å². The maximum absolute atomic E-state index is 9.33. The molecule has 1 atom stereocenters. The van der Waals surface area contributed by atoms with Gasteiger partial charge < -0.3 is 10.8 Å². The Bertz CT molecular complexity index is 344. The normalized spacial score (nSPS) is 26.9. The van der Waals surface area contributed by atoms with Crippen molar-refractivity contribution < 1.29 is 5.11 Å².